The molecule has 1 atom stereocenters. The molecule has 0 saturated carbocycles. The molecule has 1 unspecified atom stereocenters. The fourth-order valence-electron chi connectivity index (χ4n) is 2.04. The largest absolute Gasteiger partial charge is 0.493 e. The number of hydrazine groups is 1. The van der Waals surface area contributed by atoms with Crippen LogP contribution >= 0.6 is 0 Å². The van der Waals surface area contributed by atoms with Crippen LogP contribution in [-0.2, 0) is 0 Å². The predicted octanol–water partition coefficient (Wildman–Crippen LogP) is 2.16. The summed E-state index contributed by atoms with van der Waals surface area (Å²) in [6.07, 6.45) is 1.65. The molecular formula is C14H18N2O3. The van der Waals surface area contributed by atoms with E-state index in [-0.39, 0.29) is 6.04 Å². The summed E-state index contributed by atoms with van der Waals surface area (Å²) in [5.41, 5.74) is 4.74. The molecule has 0 bridgehead atoms. The highest BCUT2D eigenvalue weighted by molar-refractivity contribution is 5.45. The molecule has 5 nitrogen and oxygen atoms in total. The van der Waals surface area contributed by atoms with Crippen molar-refractivity contribution >= 4 is 0 Å². The lowest BCUT2D eigenvalue weighted by atomic mass is 10.0. The second kappa shape index (κ2) is 5.77. The van der Waals surface area contributed by atoms with Crippen LogP contribution in [0.4, 0.5) is 0 Å². The Kier molecular flexibility index (Phi) is 4.09. The Morgan fingerprint density at radius 2 is 1.89 bits per heavy atom. The molecule has 102 valence electrons. The van der Waals surface area contributed by atoms with E-state index in [1.165, 1.54) is 0 Å². The summed E-state index contributed by atoms with van der Waals surface area (Å²) in [5.74, 6) is 7.77. The maximum atomic E-state index is 5.64. The number of nitrogens with two attached hydrogens (primary N) is 1. The van der Waals surface area contributed by atoms with Crippen molar-refractivity contribution in [3.63, 3.8) is 0 Å². The minimum absolute atomic E-state index is 0.227. The van der Waals surface area contributed by atoms with Crippen molar-refractivity contribution in [2.45, 2.75) is 13.0 Å². The molecule has 0 aliphatic carbocycles. The Morgan fingerprint density at radius 3 is 2.42 bits per heavy atom. The number of benzene rings is 1. The molecule has 0 radical (unpaired) electrons. The van der Waals surface area contributed by atoms with Crippen molar-refractivity contribution in [1.82, 2.24) is 5.43 Å². The van der Waals surface area contributed by atoms with Crippen LogP contribution in [0.5, 0.6) is 11.5 Å². The summed E-state index contributed by atoms with van der Waals surface area (Å²) in [7, 11) is 3.21. The maximum absolute atomic E-state index is 5.64. The third kappa shape index (κ3) is 2.57. The zero-order chi connectivity index (χ0) is 13.8. The van der Waals surface area contributed by atoms with E-state index < -0.39 is 0 Å². The van der Waals surface area contributed by atoms with Gasteiger partial charge in [-0.3, -0.25) is 5.84 Å². The highest BCUT2D eigenvalue weighted by atomic mass is 16.5. The average molecular weight is 262 g/mol. The van der Waals surface area contributed by atoms with Gasteiger partial charge in [-0.25, -0.2) is 5.43 Å². The van der Waals surface area contributed by atoms with Gasteiger partial charge in [-0.05, 0) is 36.2 Å². The fraction of sp³-hybridized carbons (Fsp3) is 0.286. The molecule has 2 aromatic rings. The van der Waals surface area contributed by atoms with Crippen molar-refractivity contribution in [2.24, 2.45) is 5.84 Å². The molecule has 0 aliphatic heterocycles. The number of hydrogen-bond donors (Lipinski definition) is 2. The van der Waals surface area contributed by atoms with Crippen molar-refractivity contribution < 1.29 is 13.9 Å². The summed E-state index contributed by atoms with van der Waals surface area (Å²) in [5, 5.41) is 0. The van der Waals surface area contributed by atoms with Gasteiger partial charge in [0.1, 0.15) is 11.8 Å². The Balaban J connectivity index is 2.42. The quantitative estimate of drug-likeness (QED) is 0.638. The number of hydrogen-bond acceptors (Lipinski definition) is 5. The second-order valence-corrected chi connectivity index (χ2v) is 4.18. The Hall–Kier alpha value is -1.98. The van der Waals surface area contributed by atoms with Gasteiger partial charge in [0.15, 0.2) is 11.5 Å². The van der Waals surface area contributed by atoms with Gasteiger partial charge in [0.05, 0.1) is 20.5 Å². The third-order valence-electron chi connectivity index (χ3n) is 3.07. The van der Waals surface area contributed by atoms with E-state index in [1.54, 1.807) is 20.5 Å². The van der Waals surface area contributed by atoms with Crippen LogP contribution in [0.1, 0.15) is 22.9 Å². The van der Waals surface area contributed by atoms with E-state index in [0.29, 0.717) is 11.5 Å². The standard InChI is InChI=1S/C14H18N2O3/c1-9-6-7-19-14(9)13(16-15)10-4-5-11(17-2)12(8-10)18-3/h4-8,13,16H,15H2,1-3H3. The van der Waals surface area contributed by atoms with Crippen LogP contribution in [-0.4, -0.2) is 14.2 Å². The van der Waals surface area contributed by atoms with Gasteiger partial charge < -0.3 is 13.9 Å². The first-order valence-corrected chi connectivity index (χ1v) is 5.93. The van der Waals surface area contributed by atoms with Crippen LogP contribution in [0.2, 0.25) is 0 Å². The van der Waals surface area contributed by atoms with Gasteiger partial charge in [0, 0.05) is 0 Å². The maximum Gasteiger partial charge on any atom is 0.161 e. The number of methoxy groups -OCH3 is 2. The second-order valence-electron chi connectivity index (χ2n) is 4.18. The molecule has 1 aromatic carbocycles. The lowest BCUT2D eigenvalue weighted by molar-refractivity contribution is 0.353. The summed E-state index contributed by atoms with van der Waals surface area (Å²) < 4.78 is 16.0. The molecule has 1 heterocycles. The van der Waals surface area contributed by atoms with E-state index in [2.05, 4.69) is 5.43 Å². The average Bonchev–Trinajstić information content (AvgIpc) is 2.86. The predicted molar refractivity (Wildman–Crippen MR) is 72.2 cm³/mol. The molecule has 2 rings (SSSR count). The molecular weight excluding hydrogens is 244 g/mol. The monoisotopic (exact) mass is 262 g/mol. The molecule has 3 N–H and O–H groups in total. The van der Waals surface area contributed by atoms with Crippen LogP contribution in [0, 0.1) is 6.92 Å². The van der Waals surface area contributed by atoms with Gasteiger partial charge >= 0.3 is 0 Å². The summed E-state index contributed by atoms with van der Waals surface area (Å²) >= 11 is 0. The molecule has 0 saturated heterocycles. The Labute approximate surface area is 112 Å². The SMILES string of the molecule is COc1ccc(C(NN)c2occc2C)cc1OC. The van der Waals surface area contributed by atoms with Crippen molar-refractivity contribution in [2.75, 3.05) is 14.2 Å². The van der Waals surface area contributed by atoms with Crippen molar-refractivity contribution in [3.8, 4) is 11.5 Å². The Morgan fingerprint density at radius 1 is 1.16 bits per heavy atom. The smallest absolute Gasteiger partial charge is 0.161 e. The number of rotatable bonds is 5. The van der Waals surface area contributed by atoms with Gasteiger partial charge in [-0.1, -0.05) is 6.07 Å². The van der Waals surface area contributed by atoms with Gasteiger partial charge in [-0.2, -0.15) is 0 Å². The van der Waals surface area contributed by atoms with E-state index in [9.17, 15) is 0 Å². The summed E-state index contributed by atoms with van der Waals surface area (Å²) in [4.78, 5) is 0. The molecule has 0 fully saturated rings. The Bertz CT molecular complexity index is 551. The zero-order valence-corrected chi connectivity index (χ0v) is 11.3. The molecule has 0 spiro atoms. The first-order valence-electron chi connectivity index (χ1n) is 5.93. The van der Waals surface area contributed by atoms with E-state index >= 15 is 0 Å². The first kappa shape index (κ1) is 13.5. The fourth-order valence-corrected chi connectivity index (χ4v) is 2.04. The summed E-state index contributed by atoms with van der Waals surface area (Å²) in [6, 6.07) is 7.32. The third-order valence-corrected chi connectivity index (χ3v) is 3.07. The normalized spacial score (nSPS) is 12.2. The minimum atomic E-state index is -0.227. The number of nitrogens with one attached hydrogen (secondary N) is 1. The first-order chi connectivity index (χ1) is 9.21. The number of furan rings is 1. The van der Waals surface area contributed by atoms with Crippen LogP contribution in [0.3, 0.4) is 0 Å². The molecule has 5 heteroatoms. The molecule has 19 heavy (non-hydrogen) atoms. The van der Waals surface area contributed by atoms with Crippen LogP contribution in [0.25, 0.3) is 0 Å². The van der Waals surface area contributed by atoms with Crippen molar-refractivity contribution in [3.05, 3.63) is 47.4 Å². The highest BCUT2D eigenvalue weighted by Crippen LogP contribution is 2.32. The van der Waals surface area contributed by atoms with Gasteiger partial charge in [-0.15, -0.1) is 0 Å². The van der Waals surface area contributed by atoms with Gasteiger partial charge in [0.25, 0.3) is 0 Å². The number of ether oxygens (including phenoxy) is 2. The lowest BCUT2D eigenvalue weighted by Crippen LogP contribution is -2.29. The lowest BCUT2D eigenvalue weighted by Gasteiger charge is -2.17. The minimum Gasteiger partial charge on any atom is -0.493 e. The van der Waals surface area contributed by atoms with E-state index in [1.807, 2.05) is 31.2 Å². The van der Waals surface area contributed by atoms with Crippen LogP contribution in [0.15, 0.2) is 34.9 Å². The van der Waals surface area contributed by atoms with E-state index in [4.69, 9.17) is 19.7 Å². The molecule has 0 amide bonds. The molecule has 1 aromatic heterocycles. The highest BCUT2D eigenvalue weighted by Gasteiger charge is 2.19. The van der Waals surface area contributed by atoms with E-state index in [0.717, 1.165) is 16.9 Å². The topological polar surface area (TPSA) is 69.7 Å². The molecule has 0 aliphatic rings. The zero-order valence-electron chi connectivity index (χ0n) is 11.3. The summed E-state index contributed by atoms with van der Waals surface area (Å²) in [6.45, 7) is 1.98. The van der Waals surface area contributed by atoms with Gasteiger partial charge in [0.2, 0.25) is 0 Å². The van der Waals surface area contributed by atoms with Crippen LogP contribution < -0.4 is 20.7 Å². The number of aryl methyl sites for hydroxylation is 1. The van der Waals surface area contributed by atoms with Crippen molar-refractivity contribution in [1.29, 1.82) is 0 Å².